The zero-order valence-electron chi connectivity index (χ0n) is 48.2. The van der Waals surface area contributed by atoms with Crippen molar-refractivity contribution in [2.75, 3.05) is 38.7 Å². The maximum Gasteiger partial charge on any atom is 0.410 e. The average Bonchev–Trinajstić information content (AvgIpc) is 2.33. The molecule has 0 spiro atoms. The predicted octanol–water partition coefficient (Wildman–Crippen LogP) is 4.14. The first-order valence-corrected chi connectivity index (χ1v) is 29.7. The molecule has 3 unspecified atom stereocenters. The molecular weight excluding hydrogens is 1110 g/mol. The molecule has 24 heteroatoms. The lowest BCUT2D eigenvalue weighted by Gasteiger charge is -2.35. The van der Waals surface area contributed by atoms with Gasteiger partial charge in [0.2, 0.25) is 41.4 Å². The molecule has 21 nitrogen and oxygen atoms in total. The number of likely N-dealkylation sites (N-methyl/N-ethyl adjacent to an activating group) is 2. The van der Waals surface area contributed by atoms with E-state index in [0.29, 0.717) is 41.9 Å². The first kappa shape index (κ1) is 64.2. The number of thioether (sulfide) groups is 2. The lowest BCUT2D eigenvalue weighted by molar-refractivity contribution is -0.144. The van der Waals surface area contributed by atoms with Crippen LogP contribution in [0.1, 0.15) is 111 Å². The number of hydrogen-bond acceptors (Lipinski definition) is 13. The number of nitrogens with zero attached hydrogens (tertiary/aromatic N) is 4. The van der Waals surface area contributed by atoms with Crippen LogP contribution in [-0.4, -0.2) is 175 Å². The summed E-state index contributed by atoms with van der Waals surface area (Å²) < 4.78 is 5.52. The van der Waals surface area contributed by atoms with E-state index in [1.54, 1.807) is 112 Å². The van der Waals surface area contributed by atoms with Crippen LogP contribution in [0.25, 0.3) is 0 Å². The van der Waals surface area contributed by atoms with E-state index >= 15 is 0 Å². The second-order valence-corrected chi connectivity index (χ2v) is 26.1. The van der Waals surface area contributed by atoms with E-state index < -0.39 is 118 Å². The Labute approximate surface area is 494 Å². The van der Waals surface area contributed by atoms with Crippen molar-refractivity contribution in [3.05, 3.63) is 71.8 Å². The molecule has 4 heterocycles. The maximum absolute atomic E-state index is 14.6. The van der Waals surface area contributed by atoms with Gasteiger partial charge in [-0.3, -0.25) is 38.5 Å². The number of benzene rings is 2. The summed E-state index contributed by atoms with van der Waals surface area (Å²) in [4.78, 5) is 129. The van der Waals surface area contributed by atoms with Crippen LogP contribution in [0, 0.1) is 34.5 Å². The first-order chi connectivity index (χ1) is 38.5. The smallest absolute Gasteiger partial charge is 0.410 e. The number of ether oxygens (including phenoxy) is 1. The molecule has 7 N–H and O–H groups in total. The number of rotatable bonds is 16. The maximum atomic E-state index is 14.6. The van der Waals surface area contributed by atoms with Crippen LogP contribution in [-0.2, 0) is 38.3 Å². The molecule has 6 rings (SSSR count). The van der Waals surface area contributed by atoms with Gasteiger partial charge in [0.05, 0.1) is 34.9 Å². The molecular formula is C58H76N10O11S3. The average molecular weight is 1190 g/mol. The Balaban J connectivity index is 1.08. The highest BCUT2D eigenvalue weighted by molar-refractivity contribution is 8.00. The third kappa shape index (κ3) is 15.7. The Morgan fingerprint density at radius 2 is 1.10 bits per heavy atom. The third-order valence-corrected chi connectivity index (χ3v) is 17.9. The standard InChI is InChI=1S/C58H76N10O11S3/c1-34(65(10)54(76)77)46(69)61-38-26-30-81-40-32-57(6,7)44(67(40)52(38)74)49(72)63-42(36-22-16-14-17-23-36)47(70)59-28-20-12-13-21-29-60-48(71)43(37-24-18-15-19-25-37)64-50(73)45-58(8,9)33-41-68(45)53(75)39(27-31-82-41)62-51(80)35(2)66(11)55(78)79-56(3,4)5/h14-19,22-25,34-35,38-45H,26-33H2,1-11H3,(H,59,70)(H,60,71)(H,61,69)(H,62,80)(H,63,72)(H,64,73)(H,76,77)/t34?,35?,38-,39-,40-,41-,42-,43?,44+,45+/m0/s1. The van der Waals surface area contributed by atoms with E-state index in [-0.39, 0.29) is 35.8 Å². The van der Waals surface area contributed by atoms with Gasteiger partial charge >= 0.3 is 12.2 Å². The second kappa shape index (κ2) is 27.4. The molecule has 4 aliphatic heterocycles. The summed E-state index contributed by atoms with van der Waals surface area (Å²) in [6.45, 7) is 15.7. The summed E-state index contributed by atoms with van der Waals surface area (Å²) in [6, 6.07) is 9.46. The highest BCUT2D eigenvalue weighted by Gasteiger charge is 2.56. The fourth-order valence-corrected chi connectivity index (χ4v) is 13.7. The van der Waals surface area contributed by atoms with Crippen LogP contribution >= 0.6 is 35.7 Å². The number of carboxylic acid groups (broad SMARTS) is 1. The molecule has 10 atom stereocenters. The fraction of sp³-hybridized carbons (Fsp3) is 0.552. The first-order valence-electron chi connectivity index (χ1n) is 27.2. The summed E-state index contributed by atoms with van der Waals surface area (Å²) in [5, 5.41) is 25.9. The quantitative estimate of drug-likeness (QED) is 0.0920. The molecule has 4 saturated heterocycles. The van der Waals surface area contributed by atoms with Crippen molar-refractivity contribution in [3.63, 3.8) is 0 Å². The number of carbonyl (C=O) groups excluding carboxylic acids is 8. The van der Waals surface area contributed by atoms with Crippen LogP contribution in [0.4, 0.5) is 9.59 Å². The van der Waals surface area contributed by atoms with Gasteiger partial charge in [-0.05, 0) is 106 Å². The predicted molar refractivity (Wildman–Crippen MR) is 316 cm³/mol. The summed E-state index contributed by atoms with van der Waals surface area (Å²) in [5.41, 5.74) is -1.19. The highest BCUT2D eigenvalue weighted by atomic mass is 32.2. The van der Waals surface area contributed by atoms with Gasteiger partial charge in [-0.15, -0.1) is 23.5 Å². The van der Waals surface area contributed by atoms with Crippen molar-refractivity contribution in [1.29, 1.82) is 0 Å². The summed E-state index contributed by atoms with van der Waals surface area (Å²) in [7, 11) is 2.83. The molecule has 2 aromatic rings. The number of thiocarbonyl (C=S) groups is 1. The number of hydrogen-bond donors (Lipinski definition) is 7. The lowest BCUT2D eigenvalue weighted by atomic mass is 9.83. The van der Waals surface area contributed by atoms with Gasteiger partial charge in [-0.2, -0.15) is 0 Å². The topological polar surface area (TPSA) is 268 Å². The molecule has 4 fully saturated rings. The minimum Gasteiger partial charge on any atom is -0.465 e. The van der Waals surface area contributed by atoms with E-state index in [4.69, 9.17) is 17.0 Å². The van der Waals surface area contributed by atoms with Crippen molar-refractivity contribution in [2.45, 2.75) is 153 Å². The largest absolute Gasteiger partial charge is 0.465 e. The fourth-order valence-electron chi connectivity index (χ4n) is 10.3. The Kier molecular flexibility index (Phi) is 21.4. The van der Waals surface area contributed by atoms with E-state index in [1.165, 1.54) is 35.5 Å². The van der Waals surface area contributed by atoms with Crippen molar-refractivity contribution < 1.29 is 53.0 Å². The SMILES string of the molecule is CC(C(=O)N[C@H]1CCS[C@H]2CC(C)(C)[C@@H](C(=O)N[C@H](C(=O)NCC#CC#CCNC(=O)C(NC(=O)[C@H]3N4C(=O)[C@@H](NC(=S)C(C)N(C)C(=O)OC(C)(C)C)CCS[C@H]4CC3(C)C)c3ccccc3)c3ccccc3)N2C1=O)N(C)C(=O)O. The second-order valence-electron chi connectivity index (χ2n) is 23.1. The molecule has 4 aliphatic rings. The lowest BCUT2D eigenvalue weighted by Crippen LogP contribution is -2.59. The van der Waals surface area contributed by atoms with E-state index in [0.717, 1.165) is 4.90 Å². The van der Waals surface area contributed by atoms with Gasteiger partial charge in [0.25, 0.3) is 0 Å². The minimum atomic E-state index is -1.30. The van der Waals surface area contributed by atoms with Crippen LogP contribution in [0.3, 0.4) is 0 Å². The Morgan fingerprint density at radius 3 is 1.50 bits per heavy atom. The minimum absolute atomic E-state index is 0.154. The zero-order valence-corrected chi connectivity index (χ0v) is 50.7. The monoisotopic (exact) mass is 1180 g/mol. The molecule has 0 bridgehead atoms. The van der Waals surface area contributed by atoms with Crippen LogP contribution in [0.5, 0.6) is 0 Å². The van der Waals surface area contributed by atoms with Crippen molar-refractivity contribution in [2.24, 2.45) is 10.8 Å². The van der Waals surface area contributed by atoms with E-state index in [9.17, 15) is 48.3 Å². The Bertz CT molecular complexity index is 2880. The molecule has 2 aromatic carbocycles. The van der Waals surface area contributed by atoms with Gasteiger partial charge in [0, 0.05) is 14.1 Å². The van der Waals surface area contributed by atoms with E-state index in [1.807, 2.05) is 27.7 Å². The van der Waals surface area contributed by atoms with Gasteiger partial charge < -0.3 is 56.4 Å². The summed E-state index contributed by atoms with van der Waals surface area (Å²) in [6.07, 6.45) is -0.191. The Morgan fingerprint density at radius 1 is 0.683 bits per heavy atom. The van der Waals surface area contributed by atoms with E-state index in [2.05, 4.69) is 55.6 Å². The number of carbonyl (C=O) groups is 9. The van der Waals surface area contributed by atoms with Gasteiger partial charge in [-0.25, -0.2) is 9.59 Å². The summed E-state index contributed by atoms with van der Waals surface area (Å²) >= 11 is 8.79. The highest BCUT2D eigenvalue weighted by Crippen LogP contribution is 2.48. The van der Waals surface area contributed by atoms with Gasteiger partial charge in [0.15, 0.2) is 0 Å². The normalized spacial score (nSPS) is 23.0. The molecule has 82 heavy (non-hydrogen) atoms. The van der Waals surface area contributed by atoms with Gasteiger partial charge in [-0.1, -0.05) is 112 Å². The molecule has 0 aliphatic carbocycles. The van der Waals surface area contributed by atoms with Crippen molar-refractivity contribution in [3.8, 4) is 23.7 Å². The number of nitrogens with one attached hydrogen (secondary N) is 6. The van der Waals surface area contributed by atoms with Crippen LogP contribution in [0.15, 0.2) is 60.7 Å². The van der Waals surface area contributed by atoms with Crippen LogP contribution in [0.2, 0.25) is 0 Å². The number of amides is 9. The van der Waals surface area contributed by atoms with Gasteiger partial charge in [0.1, 0.15) is 47.9 Å². The van der Waals surface area contributed by atoms with Crippen molar-refractivity contribution in [1.82, 2.24) is 51.5 Å². The van der Waals surface area contributed by atoms with Crippen LogP contribution < -0.4 is 31.9 Å². The molecule has 442 valence electrons. The van der Waals surface area contributed by atoms with Crippen molar-refractivity contribution >= 4 is 94.3 Å². The Hall–Kier alpha value is -7.02. The third-order valence-electron chi connectivity index (χ3n) is 14.9. The number of fused-ring (bicyclic) bond motifs is 2. The summed E-state index contributed by atoms with van der Waals surface area (Å²) in [5.74, 6) is 8.32. The molecule has 0 saturated carbocycles. The molecule has 0 radical (unpaired) electrons. The molecule has 9 amide bonds. The molecule has 0 aromatic heterocycles. The zero-order chi connectivity index (χ0) is 60.4.